The van der Waals surface area contributed by atoms with E-state index in [-0.39, 0.29) is 0 Å². The summed E-state index contributed by atoms with van der Waals surface area (Å²) in [6.45, 7) is 0.912. The Bertz CT molecular complexity index is 879. The van der Waals surface area contributed by atoms with Crippen molar-refractivity contribution >= 4 is 44.1 Å². The van der Waals surface area contributed by atoms with E-state index in [2.05, 4.69) is 136 Å². The molecule has 0 aromatic heterocycles. The number of halogens is 2. The van der Waals surface area contributed by atoms with Crippen LogP contribution in [0.15, 0.2) is 83.3 Å². The van der Waals surface area contributed by atoms with Crippen LogP contribution in [-0.4, -0.2) is 25.5 Å². The minimum absolute atomic E-state index is 0.912. The standard InChI is InChI=1S/C23H21BrIN/c1-26(2)16-15-23(20-9-13-22(25)14-10-20)19-5-3-17(4-6-19)18-7-11-21(24)12-8-18/h3-15H,16H2,1-2H3/b23-15+. The summed E-state index contributed by atoms with van der Waals surface area (Å²) in [5.74, 6) is 0. The third kappa shape index (κ3) is 5.06. The topological polar surface area (TPSA) is 3.24 Å². The van der Waals surface area contributed by atoms with Crippen LogP contribution in [0.1, 0.15) is 11.1 Å². The Hall–Kier alpha value is -1.43. The van der Waals surface area contributed by atoms with Gasteiger partial charge in [-0.1, -0.05) is 70.5 Å². The van der Waals surface area contributed by atoms with Crippen molar-refractivity contribution in [2.24, 2.45) is 0 Å². The van der Waals surface area contributed by atoms with Gasteiger partial charge in [-0.05, 0) is 88.8 Å². The molecule has 3 rings (SSSR count). The van der Waals surface area contributed by atoms with Crippen molar-refractivity contribution in [3.8, 4) is 11.1 Å². The third-order valence-corrected chi connectivity index (χ3v) is 5.44. The Morgan fingerprint density at radius 3 is 1.77 bits per heavy atom. The fraction of sp³-hybridized carbons (Fsp3) is 0.130. The molecule has 0 aliphatic rings. The quantitative estimate of drug-likeness (QED) is 0.340. The number of hydrogen-bond donors (Lipinski definition) is 0. The molecule has 0 saturated carbocycles. The highest BCUT2D eigenvalue weighted by Gasteiger charge is 2.06. The SMILES string of the molecule is CN(C)C/C=C(/c1ccc(I)cc1)c1ccc(-c2ccc(Br)cc2)cc1. The van der Waals surface area contributed by atoms with Crippen molar-refractivity contribution in [2.45, 2.75) is 0 Å². The van der Waals surface area contributed by atoms with Gasteiger partial charge < -0.3 is 4.90 Å². The second-order valence-corrected chi connectivity index (χ2v) is 8.63. The van der Waals surface area contributed by atoms with E-state index in [9.17, 15) is 0 Å². The summed E-state index contributed by atoms with van der Waals surface area (Å²) in [4.78, 5) is 2.18. The molecule has 0 atom stereocenters. The molecule has 132 valence electrons. The molecular weight excluding hydrogens is 497 g/mol. The molecule has 0 heterocycles. The van der Waals surface area contributed by atoms with Gasteiger partial charge in [0.15, 0.2) is 0 Å². The van der Waals surface area contributed by atoms with Crippen molar-refractivity contribution in [3.05, 3.63) is 98.0 Å². The van der Waals surface area contributed by atoms with Gasteiger partial charge in [-0.25, -0.2) is 0 Å². The molecule has 0 N–H and O–H groups in total. The highest BCUT2D eigenvalue weighted by atomic mass is 127. The van der Waals surface area contributed by atoms with Gasteiger partial charge in [0.2, 0.25) is 0 Å². The molecule has 0 unspecified atom stereocenters. The number of nitrogens with zero attached hydrogens (tertiary/aromatic N) is 1. The van der Waals surface area contributed by atoms with E-state index in [0.29, 0.717) is 0 Å². The van der Waals surface area contributed by atoms with Crippen LogP contribution >= 0.6 is 38.5 Å². The van der Waals surface area contributed by atoms with Crippen LogP contribution in [0.3, 0.4) is 0 Å². The normalized spacial score (nSPS) is 11.8. The van der Waals surface area contributed by atoms with Crippen molar-refractivity contribution in [3.63, 3.8) is 0 Å². The zero-order valence-corrected chi connectivity index (χ0v) is 18.7. The molecule has 0 aliphatic heterocycles. The minimum Gasteiger partial charge on any atom is -0.306 e. The summed E-state index contributed by atoms with van der Waals surface area (Å²) >= 11 is 5.85. The lowest BCUT2D eigenvalue weighted by atomic mass is 9.95. The lowest BCUT2D eigenvalue weighted by Gasteiger charge is -2.13. The second kappa shape index (κ2) is 8.98. The maximum absolute atomic E-state index is 3.50. The van der Waals surface area contributed by atoms with Crippen LogP contribution in [0.5, 0.6) is 0 Å². The second-order valence-electron chi connectivity index (χ2n) is 6.47. The smallest absolute Gasteiger partial charge is 0.0175 e. The maximum Gasteiger partial charge on any atom is 0.0175 e. The first-order valence-electron chi connectivity index (χ1n) is 8.50. The summed E-state index contributed by atoms with van der Waals surface area (Å²) in [6.07, 6.45) is 2.30. The van der Waals surface area contributed by atoms with E-state index in [1.807, 2.05) is 0 Å². The first-order valence-corrected chi connectivity index (χ1v) is 10.4. The van der Waals surface area contributed by atoms with Crippen molar-refractivity contribution in [1.82, 2.24) is 4.90 Å². The van der Waals surface area contributed by atoms with Gasteiger partial charge in [-0.3, -0.25) is 0 Å². The van der Waals surface area contributed by atoms with Gasteiger partial charge in [-0.15, -0.1) is 0 Å². The van der Waals surface area contributed by atoms with E-state index in [4.69, 9.17) is 0 Å². The predicted molar refractivity (Wildman–Crippen MR) is 124 cm³/mol. The van der Waals surface area contributed by atoms with E-state index in [1.165, 1.54) is 31.4 Å². The molecule has 1 nitrogen and oxygen atoms in total. The molecule has 3 aromatic rings. The molecule has 0 amide bonds. The number of benzene rings is 3. The first kappa shape index (κ1) is 19.3. The van der Waals surface area contributed by atoms with E-state index >= 15 is 0 Å². The van der Waals surface area contributed by atoms with Crippen LogP contribution in [0.4, 0.5) is 0 Å². The van der Waals surface area contributed by atoms with Crippen LogP contribution < -0.4 is 0 Å². The highest BCUT2D eigenvalue weighted by Crippen LogP contribution is 2.28. The van der Waals surface area contributed by atoms with Gasteiger partial charge in [0, 0.05) is 14.6 Å². The molecule has 0 radical (unpaired) electrons. The van der Waals surface area contributed by atoms with Gasteiger partial charge in [0.05, 0.1) is 0 Å². The Morgan fingerprint density at radius 2 is 1.27 bits per heavy atom. The van der Waals surface area contributed by atoms with Crippen LogP contribution in [0.2, 0.25) is 0 Å². The molecule has 0 aliphatic carbocycles. The fourth-order valence-electron chi connectivity index (χ4n) is 2.79. The first-order chi connectivity index (χ1) is 12.5. The van der Waals surface area contributed by atoms with Crippen LogP contribution in [-0.2, 0) is 0 Å². The van der Waals surface area contributed by atoms with Crippen molar-refractivity contribution < 1.29 is 0 Å². The molecule has 26 heavy (non-hydrogen) atoms. The van der Waals surface area contributed by atoms with Crippen molar-refractivity contribution in [1.29, 1.82) is 0 Å². The summed E-state index contributed by atoms with van der Waals surface area (Å²) < 4.78 is 2.36. The van der Waals surface area contributed by atoms with Crippen LogP contribution in [0, 0.1) is 3.57 Å². The average molecular weight is 518 g/mol. The van der Waals surface area contributed by atoms with E-state index < -0.39 is 0 Å². The number of hydrogen-bond acceptors (Lipinski definition) is 1. The molecule has 3 heteroatoms. The summed E-state index contributed by atoms with van der Waals surface area (Å²) in [5, 5.41) is 0. The average Bonchev–Trinajstić information content (AvgIpc) is 2.64. The Kier molecular flexibility index (Phi) is 6.68. The number of likely N-dealkylation sites (N-methyl/N-ethyl adjacent to an activating group) is 1. The van der Waals surface area contributed by atoms with Crippen LogP contribution in [0.25, 0.3) is 16.7 Å². The highest BCUT2D eigenvalue weighted by molar-refractivity contribution is 14.1. The van der Waals surface area contributed by atoms with Gasteiger partial charge in [-0.2, -0.15) is 0 Å². The van der Waals surface area contributed by atoms with E-state index in [0.717, 1.165) is 11.0 Å². The summed E-state index contributed by atoms with van der Waals surface area (Å²) in [5.41, 5.74) is 6.23. The lowest BCUT2D eigenvalue weighted by Crippen LogP contribution is -2.11. The Labute approximate surface area is 178 Å². The molecular formula is C23H21BrIN. The minimum atomic E-state index is 0.912. The van der Waals surface area contributed by atoms with E-state index in [1.54, 1.807) is 0 Å². The van der Waals surface area contributed by atoms with Gasteiger partial charge >= 0.3 is 0 Å². The molecule has 0 fully saturated rings. The zero-order chi connectivity index (χ0) is 18.5. The summed E-state index contributed by atoms with van der Waals surface area (Å²) in [6, 6.07) is 26.0. The molecule has 0 saturated heterocycles. The molecule has 3 aromatic carbocycles. The Morgan fingerprint density at radius 1 is 0.808 bits per heavy atom. The zero-order valence-electron chi connectivity index (χ0n) is 14.9. The summed E-state index contributed by atoms with van der Waals surface area (Å²) in [7, 11) is 4.19. The lowest BCUT2D eigenvalue weighted by molar-refractivity contribution is 0.457. The largest absolute Gasteiger partial charge is 0.306 e. The number of rotatable bonds is 5. The molecule has 0 bridgehead atoms. The third-order valence-electron chi connectivity index (χ3n) is 4.19. The van der Waals surface area contributed by atoms with Crippen molar-refractivity contribution in [2.75, 3.05) is 20.6 Å². The fourth-order valence-corrected chi connectivity index (χ4v) is 3.41. The van der Waals surface area contributed by atoms with Gasteiger partial charge in [0.25, 0.3) is 0 Å². The molecule has 0 spiro atoms. The Balaban J connectivity index is 1.94. The van der Waals surface area contributed by atoms with Gasteiger partial charge in [0.1, 0.15) is 0 Å². The predicted octanol–water partition coefficient (Wildman–Crippen LogP) is 6.71. The monoisotopic (exact) mass is 517 g/mol. The maximum atomic E-state index is 3.50.